The molecule has 1 aliphatic carbocycles. The van der Waals surface area contributed by atoms with E-state index >= 15 is 0 Å². The van der Waals surface area contributed by atoms with Gasteiger partial charge in [0.05, 0.1) is 29.5 Å². The standard InChI is InChI=1S/C25H32N6O2/c1-29-17-19(15-26-29)31-12-10-30(11-13-31)16-18-14-23(27-21-7-3-2-6-20(18)21)25(33)28-22-8-4-5-9-24(22)32/h2-3,6-7,14-15,17,22,24,32H,4-5,8-13,16H2,1H3,(H,28,33). The molecule has 0 bridgehead atoms. The lowest BCUT2D eigenvalue weighted by Gasteiger charge is -2.35. The summed E-state index contributed by atoms with van der Waals surface area (Å²) in [6.45, 7) is 4.56. The number of hydrogen-bond donors (Lipinski definition) is 2. The van der Waals surface area contributed by atoms with E-state index in [1.807, 2.05) is 42.2 Å². The van der Waals surface area contributed by atoms with Crippen LogP contribution in [0.25, 0.3) is 10.9 Å². The summed E-state index contributed by atoms with van der Waals surface area (Å²) in [5.74, 6) is -0.200. The summed E-state index contributed by atoms with van der Waals surface area (Å²) in [5, 5.41) is 18.7. The predicted molar refractivity (Wildman–Crippen MR) is 128 cm³/mol. The van der Waals surface area contributed by atoms with Gasteiger partial charge in [-0.25, -0.2) is 4.98 Å². The van der Waals surface area contributed by atoms with Gasteiger partial charge in [-0.3, -0.25) is 14.4 Å². The fourth-order valence-corrected chi connectivity index (χ4v) is 4.99. The highest BCUT2D eigenvalue weighted by molar-refractivity contribution is 5.96. The molecule has 0 spiro atoms. The molecule has 2 atom stereocenters. The number of benzene rings is 1. The Labute approximate surface area is 194 Å². The molecule has 1 saturated carbocycles. The van der Waals surface area contributed by atoms with Crippen LogP contribution < -0.4 is 10.2 Å². The second-order valence-corrected chi connectivity index (χ2v) is 9.25. The molecule has 2 N–H and O–H groups in total. The molecule has 3 aromatic rings. The third kappa shape index (κ3) is 4.86. The Kier molecular flexibility index (Phi) is 6.28. The number of para-hydroxylation sites is 1. The number of nitrogens with zero attached hydrogens (tertiary/aromatic N) is 5. The maximum atomic E-state index is 13.0. The molecule has 3 heterocycles. The van der Waals surface area contributed by atoms with Gasteiger partial charge >= 0.3 is 0 Å². The van der Waals surface area contributed by atoms with E-state index in [9.17, 15) is 9.90 Å². The fourth-order valence-electron chi connectivity index (χ4n) is 4.99. The second-order valence-electron chi connectivity index (χ2n) is 9.25. The minimum absolute atomic E-state index is 0.191. The Bertz CT molecular complexity index is 1120. The highest BCUT2D eigenvalue weighted by atomic mass is 16.3. The summed E-state index contributed by atoms with van der Waals surface area (Å²) >= 11 is 0. The van der Waals surface area contributed by atoms with Gasteiger partial charge in [-0.2, -0.15) is 5.10 Å². The average molecular weight is 449 g/mol. The first kappa shape index (κ1) is 21.9. The second kappa shape index (κ2) is 9.49. The van der Waals surface area contributed by atoms with E-state index in [0.717, 1.165) is 80.6 Å². The molecule has 1 aromatic carbocycles. The number of aryl methyl sites for hydroxylation is 1. The van der Waals surface area contributed by atoms with Crippen LogP contribution in [0.4, 0.5) is 5.69 Å². The van der Waals surface area contributed by atoms with E-state index in [0.29, 0.717) is 5.69 Å². The average Bonchev–Trinajstić information content (AvgIpc) is 3.27. The van der Waals surface area contributed by atoms with Gasteiger partial charge in [0.25, 0.3) is 5.91 Å². The van der Waals surface area contributed by atoms with Crippen molar-refractivity contribution in [1.82, 2.24) is 25.0 Å². The maximum Gasteiger partial charge on any atom is 0.270 e. The molecule has 5 rings (SSSR count). The number of fused-ring (bicyclic) bond motifs is 1. The van der Waals surface area contributed by atoms with Crippen molar-refractivity contribution in [2.75, 3.05) is 31.1 Å². The molecule has 174 valence electrons. The predicted octanol–water partition coefficient (Wildman–Crippen LogP) is 2.32. The van der Waals surface area contributed by atoms with Crippen molar-refractivity contribution in [3.63, 3.8) is 0 Å². The molecular formula is C25H32N6O2. The lowest BCUT2D eigenvalue weighted by Crippen LogP contribution is -2.46. The first-order valence-electron chi connectivity index (χ1n) is 11.9. The molecule has 1 aliphatic heterocycles. The van der Waals surface area contributed by atoms with Crippen LogP contribution in [0.3, 0.4) is 0 Å². The quantitative estimate of drug-likeness (QED) is 0.623. The number of aromatic nitrogens is 3. The van der Waals surface area contributed by atoms with E-state index in [2.05, 4.69) is 37.5 Å². The number of rotatable bonds is 5. The smallest absolute Gasteiger partial charge is 0.270 e. The van der Waals surface area contributed by atoms with Crippen LogP contribution >= 0.6 is 0 Å². The van der Waals surface area contributed by atoms with Crippen molar-refractivity contribution in [3.05, 3.63) is 54.0 Å². The summed E-state index contributed by atoms with van der Waals surface area (Å²) < 4.78 is 1.84. The van der Waals surface area contributed by atoms with Crippen molar-refractivity contribution >= 4 is 22.5 Å². The monoisotopic (exact) mass is 448 g/mol. The van der Waals surface area contributed by atoms with Gasteiger partial charge in [-0.05, 0) is 30.5 Å². The van der Waals surface area contributed by atoms with Crippen LogP contribution in [0.2, 0.25) is 0 Å². The number of carbonyl (C=O) groups is 1. The van der Waals surface area contributed by atoms with Crippen LogP contribution in [0, 0.1) is 0 Å². The first-order chi connectivity index (χ1) is 16.1. The van der Waals surface area contributed by atoms with E-state index in [1.165, 1.54) is 0 Å². The Balaban J connectivity index is 1.31. The summed E-state index contributed by atoms with van der Waals surface area (Å²) in [5.41, 5.74) is 3.54. The molecule has 0 radical (unpaired) electrons. The van der Waals surface area contributed by atoms with Gasteiger partial charge in [0.15, 0.2) is 0 Å². The summed E-state index contributed by atoms with van der Waals surface area (Å²) in [6.07, 6.45) is 7.10. The van der Waals surface area contributed by atoms with Gasteiger partial charge in [0.1, 0.15) is 5.69 Å². The summed E-state index contributed by atoms with van der Waals surface area (Å²) in [7, 11) is 1.94. The van der Waals surface area contributed by atoms with E-state index in [4.69, 9.17) is 0 Å². The van der Waals surface area contributed by atoms with Crippen molar-refractivity contribution in [3.8, 4) is 0 Å². The topological polar surface area (TPSA) is 86.5 Å². The van der Waals surface area contributed by atoms with Crippen LogP contribution in [-0.2, 0) is 13.6 Å². The Morgan fingerprint density at radius 2 is 1.94 bits per heavy atom. The van der Waals surface area contributed by atoms with Gasteiger partial charge in [-0.15, -0.1) is 0 Å². The van der Waals surface area contributed by atoms with Gasteiger partial charge in [0, 0.05) is 51.4 Å². The number of hydrogen-bond acceptors (Lipinski definition) is 6. The van der Waals surface area contributed by atoms with Crippen LogP contribution in [0.5, 0.6) is 0 Å². The number of carbonyl (C=O) groups excluding carboxylic acids is 1. The number of piperazine rings is 1. The molecular weight excluding hydrogens is 416 g/mol. The Hall–Kier alpha value is -2.97. The fraction of sp³-hybridized carbons (Fsp3) is 0.480. The zero-order valence-corrected chi connectivity index (χ0v) is 19.2. The number of aliphatic hydroxyl groups is 1. The largest absolute Gasteiger partial charge is 0.391 e. The minimum Gasteiger partial charge on any atom is -0.391 e. The molecule has 2 unspecified atom stereocenters. The molecule has 2 aliphatic rings. The molecule has 2 aromatic heterocycles. The molecule has 8 heteroatoms. The van der Waals surface area contributed by atoms with Crippen molar-refractivity contribution in [1.29, 1.82) is 0 Å². The molecule has 8 nitrogen and oxygen atoms in total. The summed E-state index contributed by atoms with van der Waals surface area (Å²) in [6, 6.07) is 9.76. The SMILES string of the molecule is Cn1cc(N2CCN(Cc3cc(C(=O)NC4CCCCC4O)nc4ccccc34)CC2)cn1. The lowest BCUT2D eigenvalue weighted by molar-refractivity contribution is 0.0714. The normalized spacial score (nSPS) is 21.9. The maximum absolute atomic E-state index is 13.0. The Morgan fingerprint density at radius 3 is 2.70 bits per heavy atom. The third-order valence-electron chi connectivity index (χ3n) is 6.90. The van der Waals surface area contributed by atoms with Gasteiger partial charge < -0.3 is 15.3 Å². The highest BCUT2D eigenvalue weighted by Gasteiger charge is 2.26. The molecule has 1 saturated heterocycles. The minimum atomic E-state index is -0.473. The molecule has 2 fully saturated rings. The first-order valence-corrected chi connectivity index (χ1v) is 11.9. The van der Waals surface area contributed by atoms with Gasteiger partial charge in [0.2, 0.25) is 0 Å². The zero-order valence-electron chi connectivity index (χ0n) is 19.2. The van der Waals surface area contributed by atoms with E-state index in [1.54, 1.807) is 0 Å². The van der Waals surface area contributed by atoms with Crippen LogP contribution in [0.1, 0.15) is 41.7 Å². The number of anilines is 1. The summed E-state index contributed by atoms with van der Waals surface area (Å²) in [4.78, 5) is 22.5. The third-order valence-corrected chi connectivity index (χ3v) is 6.90. The molecule has 33 heavy (non-hydrogen) atoms. The lowest BCUT2D eigenvalue weighted by atomic mass is 9.92. The van der Waals surface area contributed by atoms with Crippen molar-refractivity contribution in [2.24, 2.45) is 7.05 Å². The number of aliphatic hydroxyl groups excluding tert-OH is 1. The highest BCUT2D eigenvalue weighted by Crippen LogP contribution is 2.23. The number of amides is 1. The molecule has 1 amide bonds. The van der Waals surface area contributed by atoms with Crippen LogP contribution in [-0.4, -0.2) is 69.0 Å². The van der Waals surface area contributed by atoms with Crippen molar-refractivity contribution in [2.45, 2.75) is 44.4 Å². The number of pyridine rings is 1. The zero-order chi connectivity index (χ0) is 22.8. The van der Waals surface area contributed by atoms with Crippen LogP contribution in [0.15, 0.2) is 42.7 Å². The van der Waals surface area contributed by atoms with E-state index < -0.39 is 6.10 Å². The Morgan fingerprint density at radius 1 is 1.15 bits per heavy atom. The van der Waals surface area contributed by atoms with E-state index in [-0.39, 0.29) is 11.9 Å². The van der Waals surface area contributed by atoms with Crippen molar-refractivity contribution < 1.29 is 9.90 Å². The van der Waals surface area contributed by atoms with Gasteiger partial charge in [-0.1, -0.05) is 31.0 Å². The number of nitrogens with one attached hydrogen (secondary N) is 1.